The molecular weight excluding hydrogens is 413 g/mol. The maximum Gasteiger partial charge on any atom is 0.292 e. The van der Waals surface area contributed by atoms with Crippen molar-refractivity contribution in [3.05, 3.63) is 71.4 Å². The zero-order valence-electron chi connectivity index (χ0n) is 17.8. The molecule has 1 aliphatic heterocycles. The van der Waals surface area contributed by atoms with E-state index in [1.807, 2.05) is 6.92 Å². The molecule has 3 heterocycles. The first-order valence-electron chi connectivity index (χ1n) is 10.6. The summed E-state index contributed by atoms with van der Waals surface area (Å²) in [5.41, 5.74) is 2.31. The fraction of sp³-hybridized carbons (Fsp3) is 0.348. The number of halogens is 1. The van der Waals surface area contributed by atoms with E-state index in [4.69, 9.17) is 4.52 Å². The van der Waals surface area contributed by atoms with E-state index in [2.05, 4.69) is 20.4 Å². The van der Waals surface area contributed by atoms with Crippen molar-refractivity contribution in [1.82, 2.24) is 20.0 Å². The van der Waals surface area contributed by atoms with Crippen molar-refractivity contribution >= 4 is 17.5 Å². The summed E-state index contributed by atoms with van der Waals surface area (Å²) in [6.07, 6.45) is 5.84. The number of piperidine rings is 1. The minimum atomic E-state index is -0.370. The highest BCUT2D eigenvalue weighted by Crippen LogP contribution is 2.24. The zero-order valence-corrected chi connectivity index (χ0v) is 17.8. The number of aromatic nitrogens is 3. The molecule has 0 atom stereocenters. The van der Waals surface area contributed by atoms with Crippen LogP contribution in [0.5, 0.6) is 0 Å². The fourth-order valence-corrected chi connectivity index (χ4v) is 3.79. The normalized spacial score (nSPS) is 14.4. The second-order valence-electron chi connectivity index (χ2n) is 7.82. The van der Waals surface area contributed by atoms with E-state index in [9.17, 15) is 14.0 Å². The molecule has 1 fully saturated rings. The van der Waals surface area contributed by atoms with Gasteiger partial charge in [-0.05, 0) is 55.9 Å². The molecule has 1 N–H and O–H groups in total. The van der Waals surface area contributed by atoms with Gasteiger partial charge < -0.3 is 14.7 Å². The van der Waals surface area contributed by atoms with Gasteiger partial charge in [-0.3, -0.25) is 9.59 Å². The van der Waals surface area contributed by atoms with Crippen molar-refractivity contribution in [2.24, 2.45) is 5.92 Å². The molecule has 1 aliphatic rings. The Bertz CT molecular complexity index is 1090. The third-order valence-electron chi connectivity index (χ3n) is 5.66. The van der Waals surface area contributed by atoms with Gasteiger partial charge in [-0.1, -0.05) is 12.1 Å². The summed E-state index contributed by atoms with van der Waals surface area (Å²) in [5.74, 6) is -0.289. The molecule has 0 aliphatic carbocycles. The lowest BCUT2D eigenvalue weighted by atomic mass is 9.90. The second-order valence-corrected chi connectivity index (χ2v) is 7.82. The molecular formula is C23H24FN5O3. The van der Waals surface area contributed by atoms with Gasteiger partial charge in [0, 0.05) is 31.0 Å². The summed E-state index contributed by atoms with van der Waals surface area (Å²) in [5, 5.41) is 6.64. The highest BCUT2D eigenvalue weighted by Gasteiger charge is 2.27. The van der Waals surface area contributed by atoms with Gasteiger partial charge in [0.1, 0.15) is 12.1 Å². The average Bonchev–Trinajstić information content (AvgIpc) is 3.30. The molecule has 0 spiro atoms. The van der Waals surface area contributed by atoms with Crippen LogP contribution >= 0.6 is 0 Å². The summed E-state index contributed by atoms with van der Waals surface area (Å²) >= 11 is 0. The number of likely N-dealkylation sites (tertiary alicyclic amines) is 1. The lowest BCUT2D eigenvalue weighted by molar-refractivity contribution is 0.0648. The number of amides is 2. The Morgan fingerprint density at radius 1 is 1.22 bits per heavy atom. The van der Waals surface area contributed by atoms with Crippen molar-refractivity contribution in [2.45, 2.75) is 32.6 Å². The first-order chi connectivity index (χ1) is 15.5. The van der Waals surface area contributed by atoms with Crippen molar-refractivity contribution in [1.29, 1.82) is 0 Å². The topological polar surface area (TPSA) is 101 Å². The minimum absolute atomic E-state index is 0.142. The predicted octanol–water partition coefficient (Wildman–Crippen LogP) is 3.51. The predicted molar refractivity (Wildman–Crippen MR) is 115 cm³/mol. The number of anilines is 1. The molecule has 4 rings (SSSR count). The third kappa shape index (κ3) is 4.99. The number of aryl methyl sites for hydroxylation is 1. The van der Waals surface area contributed by atoms with Crippen LogP contribution in [0.25, 0.3) is 0 Å². The van der Waals surface area contributed by atoms with Crippen LogP contribution in [0.1, 0.15) is 52.1 Å². The molecule has 0 bridgehead atoms. The first kappa shape index (κ1) is 21.6. The molecule has 9 heteroatoms. The number of benzene rings is 1. The Morgan fingerprint density at radius 2 is 1.97 bits per heavy atom. The van der Waals surface area contributed by atoms with Gasteiger partial charge in [-0.2, -0.15) is 0 Å². The summed E-state index contributed by atoms with van der Waals surface area (Å²) in [7, 11) is 0. The van der Waals surface area contributed by atoms with Crippen LogP contribution in [0, 0.1) is 11.7 Å². The lowest BCUT2D eigenvalue weighted by Crippen LogP contribution is -2.39. The van der Waals surface area contributed by atoms with E-state index in [0.717, 1.165) is 25.0 Å². The van der Waals surface area contributed by atoms with Gasteiger partial charge in [0.15, 0.2) is 0 Å². The molecule has 1 saturated heterocycles. The van der Waals surface area contributed by atoms with Crippen LogP contribution in [0.2, 0.25) is 0 Å². The molecule has 2 aromatic heterocycles. The standard InChI is InChI=1S/C23H24FN5O3/c1-2-17-12-21(32-28-17)23(31)29-9-7-15(8-10-29)11-20-19(13-25-14-26-20)22(30)27-18-5-3-16(24)4-6-18/h3-6,12-15H,2,7-11H2,1H3,(H,27,30). The van der Waals surface area contributed by atoms with E-state index in [1.165, 1.54) is 36.8 Å². The first-order valence-corrected chi connectivity index (χ1v) is 10.6. The number of carbonyl (C=O) groups excluding carboxylic acids is 2. The summed E-state index contributed by atoms with van der Waals surface area (Å²) in [6.45, 7) is 3.17. The molecule has 2 amide bonds. The minimum Gasteiger partial charge on any atom is -0.351 e. The number of nitrogens with one attached hydrogen (secondary N) is 1. The highest BCUT2D eigenvalue weighted by molar-refractivity contribution is 6.04. The van der Waals surface area contributed by atoms with E-state index in [-0.39, 0.29) is 29.3 Å². The quantitative estimate of drug-likeness (QED) is 0.633. The Labute approximate surface area is 184 Å². The number of rotatable bonds is 6. The van der Waals surface area contributed by atoms with Gasteiger partial charge >= 0.3 is 0 Å². The number of hydrogen-bond donors (Lipinski definition) is 1. The van der Waals surface area contributed by atoms with Crippen LogP contribution in [-0.2, 0) is 12.8 Å². The van der Waals surface area contributed by atoms with Crippen LogP contribution in [0.15, 0.2) is 47.4 Å². The molecule has 0 radical (unpaired) electrons. The summed E-state index contributed by atoms with van der Waals surface area (Å²) in [4.78, 5) is 35.5. The molecule has 3 aromatic rings. The Balaban J connectivity index is 1.36. The van der Waals surface area contributed by atoms with Gasteiger partial charge in [0.2, 0.25) is 5.76 Å². The van der Waals surface area contributed by atoms with Crippen molar-refractivity contribution < 1.29 is 18.5 Å². The van der Waals surface area contributed by atoms with Crippen molar-refractivity contribution in [2.75, 3.05) is 18.4 Å². The fourth-order valence-electron chi connectivity index (χ4n) is 3.79. The third-order valence-corrected chi connectivity index (χ3v) is 5.66. The lowest BCUT2D eigenvalue weighted by Gasteiger charge is -2.31. The van der Waals surface area contributed by atoms with E-state index in [1.54, 1.807) is 11.0 Å². The molecule has 32 heavy (non-hydrogen) atoms. The SMILES string of the molecule is CCc1cc(C(=O)N2CCC(Cc3ncncc3C(=O)Nc3ccc(F)cc3)CC2)on1. The van der Waals surface area contributed by atoms with E-state index >= 15 is 0 Å². The molecule has 166 valence electrons. The monoisotopic (exact) mass is 437 g/mol. The highest BCUT2D eigenvalue weighted by atomic mass is 19.1. The van der Waals surface area contributed by atoms with Gasteiger partial charge in [0.25, 0.3) is 11.8 Å². The second kappa shape index (κ2) is 9.67. The van der Waals surface area contributed by atoms with Crippen LogP contribution < -0.4 is 5.32 Å². The van der Waals surface area contributed by atoms with Crippen molar-refractivity contribution in [3.8, 4) is 0 Å². The molecule has 0 saturated carbocycles. The van der Waals surface area contributed by atoms with Gasteiger partial charge in [0.05, 0.1) is 17.0 Å². The summed E-state index contributed by atoms with van der Waals surface area (Å²) in [6, 6.07) is 7.27. The zero-order chi connectivity index (χ0) is 22.5. The largest absolute Gasteiger partial charge is 0.351 e. The Hall–Kier alpha value is -3.62. The van der Waals surface area contributed by atoms with Crippen LogP contribution in [-0.4, -0.2) is 44.9 Å². The van der Waals surface area contributed by atoms with Crippen LogP contribution in [0.3, 0.4) is 0 Å². The molecule has 0 unspecified atom stereocenters. The maximum atomic E-state index is 13.1. The number of hydrogen-bond acceptors (Lipinski definition) is 6. The summed E-state index contributed by atoms with van der Waals surface area (Å²) < 4.78 is 18.3. The van der Waals surface area contributed by atoms with Crippen molar-refractivity contribution in [3.63, 3.8) is 0 Å². The Morgan fingerprint density at radius 3 is 2.66 bits per heavy atom. The number of nitrogens with zero attached hydrogens (tertiary/aromatic N) is 4. The smallest absolute Gasteiger partial charge is 0.292 e. The maximum absolute atomic E-state index is 13.1. The molecule has 1 aromatic carbocycles. The van der Waals surface area contributed by atoms with Gasteiger partial charge in [-0.15, -0.1) is 0 Å². The van der Waals surface area contributed by atoms with Crippen LogP contribution in [0.4, 0.5) is 10.1 Å². The van der Waals surface area contributed by atoms with E-state index < -0.39 is 0 Å². The Kier molecular flexibility index (Phi) is 6.53. The van der Waals surface area contributed by atoms with Gasteiger partial charge in [-0.25, -0.2) is 14.4 Å². The molecule has 8 nitrogen and oxygen atoms in total. The average molecular weight is 437 g/mol. The number of carbonyl (C=O) groups is 2. The van der Waals surface area contributed by atoms with E-state index in [0.29, 0.717) is 36.5 Å².